The first-order chi connectivity index (χ1) is 7.03. The molecule has 0 fully saturated rings. The van der Waals surface area contributed by atoms with Crippen molar-refractivity contribution >= 4 is 12.3 Å². The Morgan fingerprint density at radius 3 is 2.87 bits per heavy atom. The average Bonchev–Trinajstić information content (AvgIpc) is 2.17. The van der Waals surface area contributed by atoms with Gasteiger partial charge in [0.25, 0.3) is 5.85 Å². The number of carbonyl (C=O) groups is 2. The van der Waals surface area contributed by atoms with E-state index in [-0.39, 0.29) is 6.29 Å². The van der Waals surface area contributed by atoms with Crippen LogP contribution in [0.5, 0.6) is 0 Å². The summed E-state index contributed by atoms with van der Waals surface area (Å²) in [6.07, 6.45) is 3.54. The zero-order valence-electron chi connectivity index (χ0n) is 7.65. The van der Waals surface area contributed by atoms with Crippen molar-refractivity contribution in [3.8, 4) is 0 Å². The Morgan fingerprint density at radius 1 is 1.67 bits per heavy atom. The Morgan fingerprint density at radius 2 is 2.33 bits per heavy atom. The Labute approximate surface area is 84.7 Å². The monoisotopic (exact) mass is 214 g/mol. The molecule has 0 heterocycles. The van der Waals surface area contributed by atoms with Gasteiger partial charge in [-0.15, -0.1) is 0 Å². The number of hydrogen-bond acceptors (Lipinski definition) is 3. The van der Waals surface area contributed by atoms with E-state index in [1.165, 1.54) is 0 Å². The van der Waals surface area contributed by atoms with Crippen LogP contribution in [0, 0.1) is 5.92 Å². The summed E-state index contributed by atoms with van der Waals surface area (Å²) < 4.78 is 31.1. The van der Waals surface area contributed by atoms with Crippen LogP contribution in [0.4, 0.5) is 8.78 Å². The van der Waals surface area contributed by atoms with E-state index in [2.05, 4.69) is 11.3 Å². The van der Waals surface area contributed by atoms with Gasteiger partial charge < -0.3 is 9.53 Å². The molecule has 0 aromatic heterocycles. The molecular weight excluding hydrogens is 206 g/mol. The molecule has 0 aromatic carbocycles. The second-order valence-electron chi connectivity index (χ2n) is 2.85. The van der Waals surface area contributed by atoms with Crippen molar-refractivity contribution in [2.24, 2.45) is 5.92 Å². The number of rotatable bonds is 3. The minimum Gasteiger partial charge on any atom is -0.420 e. The van der Waals surface area contributed by atoms with Gasteiger partial charge in [0.2, 0.25) is 0 Å². The highest BCUT2D eigenvalue weighted by molar-refractivity contribution is 5.82. The number of alkyl halides is 1. The highest BCUT2D eigenvalue weighted by Gasteiger charge is 2.44. The van der Waals surface area contributed by atoms with Crippen LogP contribution >= 0.6 is 0 Å². The van der Waals surface area contributed by atoms with Gasteiger partial charge in [-0.2, -0.15) is 4.39 Å². The van der Waals surface area contributed by atoms with Gasteiger partial charge in [0.05, 0.1) is 0 Å². The largest absolute Gasteiger partial charge is 0.420 e. The lowest BCUT2D eigenvalue weighted by Gasteiger charge is -2.27. The van der Waals surface area contributed by atoms with Crippen LogP contribution in [-0.4, -0.2) is 18.1 Å². The molecule has 2 atom stereocenters. The van der Waals surface area contributed by atoms with Gasteiger partial charge in [-0.1, -0.05) is 12.7 Å². The zero-order valence-corrected chi connectivity index (χ0v) is 7.65. The normalized spacial score (nSPS) is 29.2. The molecule has 1 aliphatic rings. The highest BCUT2D eigenvalue weighted by atomic mass is 19.2. The van der Waals surface area contributed by atoms with Crippen LogP contribution in [0.2, 0.25) is 0 Å². The molecule has 2 unspecified atom stereocenters. The number of halogens is 2. The summed E-state index contributed by atoms with van der Waals surface area (Å²) in [4.78, 5) is 21.3. The van der Waals surface area contributed by atoms with Crippen LogP contribution in [0.25, 0.3) is 0 Å². The third-order valence-electron chi connectivity index (χ3n) is 1.86. The Bertz CT molecular complexity index is 360. The number of aldehydes is 1. The number of esters is 1. The molecule has 0 saturated carbocycles. The van der Waals surface area contributed by atoms with Gasteiger partial charge >= 0.3 is 5.97 Å². The maximum absolute atomic E-state index is 13.8. The van der Waals surface area contributed by atoms with Crippen molar-refractivity contribution in [3.63, 3.8) is 0 Å². The first-order valence-electron chi connectivity index (χ1n) is 4.08. The van der Waals surface area contributed by atoms with Crippen LogP contribution in [0.15, 0.2) is 36.7 Å². The van der Waals surface area contributed by atoms with Crippen LogP contribution in [0.3, 0.4) is 0 Å². The Kier molecular flexibility index (Phi) is 3.14. The summed E-state index contributed by atoms with van der Waals surface area (Å²) in [5.41, 5.74) is 0. The summed E-state index contributed by atoms with van der Waals surface area (Å²) in [5, 5.41) is 0. The van der Waals surface area contributed by atoms with Gasteiger partial charge in [-0.3, -0.25) is 0 Å². The predicted octanol–water partition coefficient (Wildman–Crippen LogP) is 1.62. The van der Waals surface area contributed by atoms with E-state index in [1.54, 1.807) is 0 Å². The first kappa shape index (κ1) is 11.3. The zero-order chi connectivity index (χ0) is 11.5. The Balaban J connectivity index is 2.96. The molecule has 1 aliphatic carbocycles. The molecule has 0 aromatic rings. The van der Waals surface area contributed by atoms with E-state index in [0.29, 0.717) is 0 Å². The minimum atomic E-state index is -2.77. The molecule has 5 heteroatoms. The second kappa shape index (κ2) is 4.16. The van der Waals surface area contributed by atoms with Crippen LogP contribution in [0.1, 0.15) is 0 Å². The lowest BCUT2D eigenvalue weighted by Crippen LogP contribution is -2.38. The van der Waals surface area contributed by atoms with Crippen molar-refractivity contribution in [1.82, 2.24) is 0 Å². The molecule has 0 aliphatic heterocycles. The number of ether oxygens (including phenoxy) is 1. The standard InChI is InChI=1S/C10H8F2O3/c1-2-9(14)15-10(12)5-3-4-8(11)7(10)6-13/h2-7H,1H2. The maximum Gasteiger partial charge on any atom is 0.333 e. The summed E-state index contributed by atoms with van der Waals surface area (Å²) in [6, 6.07) is 0. The first-order valence-corrected chi connectivity index (χ1v) is 4.08. The van der Waals surface area contributed by atoms with E-state index in [9.17, 15) is 18.4 Å². The molecule has 0 spiro atoms. The van der Waals surface area contributed by atoms with Gasteiger partial charge in [-0.05, 0) is 12.2 Å². The van der Waals surface area contributed by atoms with E-state index in [4.69, 9.17) is 0 Å². The molecule has 3 nitrogen and oxygen atoms in total. The molecule has 0 amide bonds. The third kappa shape index (κ3) is 2.18. The van der Waals surface area contributed by atoms with Crippen LogP contribution in [-0.2, 0) is 14.3 Å². The number of carbonyl (C=O) groups excluding carboxylic acids is 2. The molecule has 0 N–H and O–H groups in total. The fraction of sp³-hybridized carbons (Fsp3) is 0.200. The summed E-state index contributed by atoms with van der Waals surface area (Å²) >= 11 is 0. The molecule has 1 rings (SSSR count). The van der Waals surface area contributed by atoms with Crippen molar-refractivity contribution in [3.05, 3.63) is 36.7 Å². The van der Waals surface area contributed by atoms with E-state index in [0.717, 1.165) is 24.3 Å². The van der Waals surface area contributed by atoms with E-state index >= 15 is 0 Å². The smallest absolute Gasteiger partial charge is 0.333 e. The molecule has 0 saturated heterocycles. The van der Waals surface area contributed by atoms with E-state index in [1.807, 2.05) is 0 Å². The Hall–Kier alpha value is -1.78. The summed E-state index contributed by atoms with van der Waals surface area (Å²) in [6.45, 7) is 3.07. The van der Waals surface area contributed by atoms with Gasteiger partial charge in [0, 0.05) is 6.08 Å². The molecule has 0 bridgehead atoms. The van der Waals surface area contributed by atoms with Gasteiger partial charge in [0.15, 0.2) is 0 Å². The average molecular weight is 214 g/mol. The SMILES string of the molecule is C=CC(=O)OC1(F)C=CC=C(F)C1C=O. The lowest BCUT2D eigenvalue weighted by atomic mass is 9.95. The number of hydrogen-bond donors (Lipinski definition) is 0. The molecule has 15 heavy (non-hydrogen) atoms. The van der Waals surface area contributed by atoms with Gasteiger partial charge in [0.1, 0.15) is 18.0 Å². The maximum atomic E-state index is 13.8. The molecular formula is C10H8F2O3. The predicted molar refractivity (Wildman–Crippen MR) is 48.0 cm³/mol. The lowest BCUT2D eigenvalue weighted by molar-refractivity contribution is -0.174. The van der Waals surface area contributed by atoms with Gasteiger partial charge in [-0.25, -0.2) is 9.18 Å². The summed E-state index contributed by atoms with van der Waals surface area (Å²) in [7, 11) is 0. The molecule has 0 radical (unpaired) electrons. The number of allylic oxidation sites excluding steroid dienone is 2. The minimum absolute atomic E-state index is 0.0473. The summed E-state index contributed by atoms with van der Waals surface area (Å²) in [5.74, 6) is -6.59. The fourth-order valence-corrected chi connectivity index (χ4v) is 1.12. The fourth-order valence-electron chi connectivity index (χ4n) is 1.12. The molecule has 80 valence electrons. The van der Waals surface area contributed by atoms with Crippen molar-refractivity contribution in [1.29, 1.82) is 0 Å². The second-order valence-corrected chi connectivity index (χ2v) is 2.85. The topological polar surface area (TPSA) is 43.4 Å². The highest BCUT2D eigenvalue weighted by Crippen LogP contribution is 2.34. The van der Waals surface area contributed by atoms with Crippen molar-refractivity contribution in [2.45, 2.75) is 5.85 Å². The quantitative estimate of drug-likeness (QED) is 0.407. The van der Waals surface area contributed by atoms with Crippen molar-refractivity contribution in [2.75, 3.05) is 0 Å². The third-order valence-corrected chi connectivity index (χ3v) is 1.86. The van der Waals surface area contributed by atoms with E-state index < -0.39 is 23.6 Å². The van der Waals surface area contributed by atoms with Crippen LogP contribution < -0.4 is 0 Å². The van der Waals surface area contributed by atoms with Crippen molar-refractivity contribution < 1.29 is 23.1 Å².